The maximum atomic E-state index is 14.0. The van der Waals surface area contributed by atoms with Gasteiger partial charge in [0.05, 0.1) is 11.3 Å². The van der Waals surface area contributed by atoms with Gasteiger partial charge in [0.2, 0.25) is 0 Å². The molecule has 2 rings (SSSR count). The van der Waals surface area contributed by atoms with Crippen LogP contribution in [0.5, 0.6) is 0 Å². The Balaban J connectivity index is 2.29. The van der Waals surface area contributed by atoms with E-state index in [1.54, 1.807) is 0 Å². The number of benzene rings is 1. The molecule has 110 valence electrons. The van der Waals surface area contributed by atoms with Gasteiger partial charge >= 0.3 is 0 Å². The van der Waals surface area contributed by atoms with Crippen LogP contribution >= 0.6 is 0 Å². The van der Waals surface area contributed by atoms with E-state index >= 15 is 0 Å². The van der Waals surface area contributed by atoms with Crippen LogP contribution in [-0.2, 0) is 0 Å². The van der Waals surface area contributed by atoms with Crippen molar-refractivity contribution in [2.24, 2.45) is 11.1 Å². The smallest absolute Gasteiger partial charge is 0.250 e. The quantitative estimate of drug-likeness (QED) is 0.744. The SMILES string of the molecule is CC1(C)CCCCC1Nc1cc(C(N)=O)c(N)cc1F. The van der Waals surface area contributed by atoms with E-state index in [9.17, 15) is 9.18 Å². The van der Waals surface area contributed by atoms with Crippen LogP contribution in [0.25, 0.3) is 0 Å². The minimum Gasteiger partial charge on any atom is -0.398 e. The highest BCUT2D eigenvalue weighted by molar-refractivity contribution is 5.99. The van der Waals surface area contributed by atoms with Gasteiger partial charge in [0.15, 0.2) is 0 Å². The first-order chi connectivity index (χ1) is 9.31. The minimum absolute atomic E-state index is 0.0726. The van der Waals surface area contributed by atoms with Crippen molar-refractivity contribution in [3.8, 4) is 0 Å². The molecule has 1 amide bonds. The van der Waals surface area contributed by atoms with Crippen LogP contribution in [-0.4, -0.2) is 11.9 Å². The molecule has 1 unspecified atom stereocenters. The van der Waals surface area contributed by atoms with E-state index in [-0.39, 0.29) is 22.7 Å². The number of anilines is 2. The summed E-state index contributed by atoms with van der Waals surface area (Å²) in [5.41, 5.74) is 11.5. The monoisotopic (exact) mass is 279 g/mol. The zero-order valence-corrected chi connectivity index (χ0v) is 12.0. The zero-order valence-electron chi connectivity index (χ0n) is 12.0. The van der Waals surface area contributed by atoms with Crippen LogP contribution in [0, 0.1) is 11.2 Å². The first-order valence-electron chi connectivity index (χ1n) is 6.96. The van der Waals surface area contributed by atoms with E-state index < -0.39 is 11.7 Å². The summed E-state index contributed by atoms with van der Waals surface area (Å²) in [7, 11) is 0. The van der Waals surface area contributed by atoms with E-state index in [4.69, 9.17) is 11.5 Å². The van der Waals surface area contributed by atoms with E-state index in [2.05, 4.69) is 19.2 Å². The number of hydrogen-bond acceptors (Lipinski definition) is 3. The number of amides is 1. The Bertz CT molecular complexity index is 528. The predicted octanol–water partition coefficient (Wildman–Crippen LogP) is 2.89. The normalized spacial score (nSPS) is 21.4. The van der Waals surface area contributed by atoms with E-state index in [0.717, 1.165) is 25.3 Å². The second kappa shape index (κ2) is 5.31. The van der Waals surface area contributed by atoms with Crippen LogP contribution in [0.1, 0.15) is 49.9 Å². The fourth-order valence-corrected chi connectivity index (χ4v) is 2.86. The lowest BCUT2D eigenvalue weighted by atomic mass is 9.73. The predicted molar refractivity (Wildman–Crippen MR) is 79.0 cm³/mol. The molecule has 0 aromatic heterocycles. The third-order valence-electron chi connectivity index (χ3n) is 4.24. The average Bonchev–Trinajstić information content (AvgIpc) is 2.34. The van der Waals surface area contributed by atoms with Gasteiger partial charge in [-0.2, -0.15) is 0 Å². The maximum absolute atomic E-state index is 14.0. The molecule has 1 aromatic rings. The Morgan fingerprint density at radius 2 is 2.10 bits per heavy atom. The van der Waals surface area contributed by atoms with E-state index in [0.29, 0.717) is 5.69 Å². The van der Waals surface area contributed by atoms with Gasteiger partial charge in [0.1, 0.15) is 5.82 Å². The van der Waals surface area contributed by atoms with Gasteiger partial charge in [0, 0.05) is 11.7 Å². The summed E-state index contributed by atoms with van der Waals surface area (Å²) in [6, 6.07) is 2.74. The van der Waals surface area contributed by atoms with Crippen molar-refractivity contribution in [1.82, 2.24) is 0 Å². The standard InChI is InChI=1S/C15H22FN3O/c1-15(2)6-4-3-5-13(15)19-12-7-9(14(18)20)11(17)8-10(12)16/h7-8,13,19H,3-6,17H2,1-2H3,(H2,18,20). The number of rotatable bonds is 3. The Hall–Kier alpha value is -1.78. The van der Waals surface area contributed by atoms with Crippen molar-refractivity contribution in [2.45, 2.75) is 45.6 Å². The topological polar surface area (TPSA) is 81.1 Å². The fraction of sp³-hybridized carbons (Fsp3) is 0.533. The third-order valence-corrected chi connectivity index (χ3v) is 4.24. The van der Waals surface area contributed by atoms with E-state index in [1.165, 1.54) is 12.5 Å². The molecule has 0 aliphatic heterocycles. The van der Waals surface area contributed by atoms with Crippen LogP contribution in [0.15, 0.2) is 12.1 Å². The summed E-state index contributed by atoms with van der Waals surface area (Å²) in [5, 5.41) is 3.22. The largest absolute Gasteiger partial charge is 0.398 e. The van der Waals surface area contributed by atoms with Gasteiger partial charge in [0.25, 0.3) is 5.91 Å². The summed E-state index contributed by atoms with van der Waals surface area (Å²) in [6.07, 6.45) is 4.41. The molecule has 1 aliphatic rings. The van der Waals surface area contributed by atoms with Gasteiger partial charge in [-0.1, -0.05) is 26.7 Å². The first-order valence-corrected chi connectivity index (χ1v) is 6.96. The van der Waals surface area contributed by atoms with Crippen molar-refractivity contribution in [1.29, 1.82) is 0 Å². The Morgan fingerprint density at radius 3 is 2.70 bits per heavy atom. The highest BCUT2D eigenvalue weighted by Gasteiger charge is 2.32. The molecule has 1 aromatic carbocycles. The molecular weight excluding hydrogens is 257 g/mol. The number of hydrogen-bond donors (Lipinski definition) is 3. The van der Waals surface area contributed by atoms with Crippen LogP contribution in [0.3, 0.4) is 0 Å². The molecule has 0 bridgehead atoms. The van der Waals surface area contributed by atoms with Gasteiger partial charge in [-0.15, -0.1) is 0 Å². The second-order valence-corrected chi connectivity index (χ2v) is 6.21. The molecule has 1 atom stereocenters. The highest BCUT2D eigenvalue weighted by atomic mass is 19.1. The van der Waals surface area contributed by atoms with Crippen LogP contribution in [0.4, 0.5) is 15.8 Å². The Labute approximate surface area is 118 Å². The lowest BCUT2D eigenvalue weighted by molar-refractivity contribution is 0.100. The summed E-state index contributed by atoms with van der Waals surface area (Å²) in [4.78, 5) is 11.3. The fourth-order valence-electron chi connectivity index (χ4n) is 2.86. The summed E-state index contributed by atoms with van der Waals surface area (Å²) >= 11 is 0. The molecule has 0 radical (unpaired) electrons. The minimum atomic E-state index is -0.645. The van der Waals surface area contributed by atoms with Crippen LogP contribution in [0.2, 0.25) is 0 Å². The Kier molecular flexibility index (Phi) is 3.88. The van der Waals surface area contributed by atoms with Gasteiger partial charge in [-0.3, -0.25) is 4.79 Å². The summed E-state index contributed by atoms with van der Waals surface area (Å²) < 4.78 is 14.0. The first kappa shape index (κ1) is 14.6. The van der Waals surface area contributed by atoms with Gasteiger partial charge in [-0.05, 0) is 30.4 Å². The molecule has 4 nitrogen and oxygen atoms in total. The molecule has 0 spiro atoms. The van der Waals surface area contributed by atoms with Gasteiger partial charge < -0.3 is 16.8 Å². The van der Waals surface area contributed by atoms with Crippen molar-refractivity contribution >= 4 is 17.3 Å². The molecular formula is C15H22FN3O. The lowest BCUT2D eigenvalue weighted by Crippen LogP contribution is -2.39. The highest BCUT2D eigenvalue weighted by Crippen LogP contribution is 2.38. The molecule has 0 heterocycles. The number of halogens is 1. The Morgan fingerprint density at radius 1 is 1.40 bits per heavy atom. The molecule has 1 fully saturated rings. The van der Waals surface area contributed by atoms with E-state index in [1.807, 2.05) is 0 Å². The maximum Gasteiger partial charge on any atom is 0.250 e. The number of nitrogen functional groups attached to an aromatic ring is 1. The number of carbonyl (C=O) groups excluding carboxylic acids is 1. The number of nitrogens with one attached hydrogen (secondary N) is 1. The number of primary amides is 1. The van der Waals surface area contributed by atoms with Crippen molar-refractivity contribution in [3.63, 3.8) is 0 Å². The van der Waals surface area contributed by atoms with Crippen molar-refractivity contribution < 1.29 is 9.18 Å². The van der Waals surface area contributed by atoms with Crippen molar-refractivity contribution in [2.75, 3.05) is 11.1 Å². The molecule has 1 saturated carbocycles. The summed E-state index contributed by atoms with van der Waals surface area (Å²) in [5.74, 6) is -1.10. The summed E-state index contributed by atoms with van der Waals surface area (Å²) in [6.45, 7) is 4.35. The molecule has 20 heavy (non-hydrogen) atoms. The zero-order chi connectivity index (χ0) is 14.9. The second-order valence-electron chi connectivity index (χ2n) is 6.21. The molecule has 5 heteroatoms. The van der Waals surface area contributed by atoms with Gasteiger partial charge in [-0.25, -0.2) is 4.39 Å². The third kappa shape index (κ3) is 2.86. The number of nitrogens with two attached hydrogens (primary N) is 2. The molecule has 5 N–H and O–H groups in total. The molecule has 0 saturated heterocycles. The van der Waals surface area contributed by atoms with Crippen molar-refractivity contribution in [3.05, 3.63) is 23.5 Å². The van der Waals surface area contributed by atoms with Crippen LogP contribution < -0.4 is 16.8 Å². The number of carbonyl (C=O) groups is 1. The lowest BCUT2D eigenvalue weighted by Gasteiger charge is -2.39. The molecule has 1 aliphatic carbocycles. The average molecular weight is 279 g/mol.